The highest BCUT2D eigenvalue weighted by Gasteiger charge is 2.51. The number of rotatable bonds is 2. The van der Waals surface area contributed by atoms with Gasteiger partial charge < -0.3 is 10.6 Å². The molecule has 17 heavy (non-hydrogen) atoms. The summed E-state index contributed by atoms with van der Waals surface area (Å²) < 4.78 is 0. The van der Waals surface area contributed by atoms with E-state index in [1.807, 2.05) is 0 Å². The maximum atomic E-state index is 4.10. The molecule has 4 aliphatic carbocycles. The molecular weight excluding hydrogens is 208 g/mol. The minimum atomic E-state index is 0.568. The fraction of sp³-hybridized carbons (Fsp3) is 1.00. The molecule has 0 spiro atoms. The highest BCUT2D eigenvalue weighted by atomic mass is 15.1. The van der Waals surface area contributed by atoms with Crippen LogP contribution in [0.4, 0.5) is 0 Å². The number of hydrogen-bond donors (Lipinski definition) is 2. The van der Waals surface area contributed by atoms with Crippen molar-refractivity contribution in [3.63, 3.8) is 0 Å². The smallest absolute Gasteiger partial charge is 0.0198 e. The molecule has 0 aromatic carbocycles. The summed E-state index contributed by atoms with van der Waals surface area (Å²) in [6.07, 6.45) is 11.9. The molecule has 1 saturated heterocycles. The van der Waals surface area contributed by atoms with Gasteiger partial charge in [-0.1, -0.05) is 0 Å². The van der Waals surface area contributed by atoms with E-state index < -0.39 is 0 Å². The Labute approximate surface area is 105 Å². The molecule has 0 aromatic heterocycles. The van der Waals surface area contributed by atoms with Crippen LogP contribution in [0.1, 0.15) is 51.4 Å². The van der Waals surface area contributed by atoms with Gasteiger partial charge in [0.25, 0.3) is 0 Å². The molecule has 2 nitrogen and oxygen atoms in total. The van der Waals surface area contributed by atoms with Crippen LogP contribution in [0.15, 0.2) is 0 Å². The minimum Gasteiger partial charge on any atom is -0.315 e. The van der Waals surface area contributed by atoms with Crippen molar-refractivity contribution < 1.29 is 0 Å². The molecular formula is C15H26N2. The van der Waals surface area contributed by atoms with Crippen LogP contribution in [0.2, 0.25) is 0 Å². The van der Waals surface area contributed by atoms with Crippen LogP contribution in [-0.2, 0) is 0 Å². The van der Waals surface area contributed by atoms with Gasteiger partial charge in [-0.05, 0) is 75.7 Å². The Morgan fingerprint density at radius 1 is 0.941 bits per heavy atom. The molecule has 1 atom stereocenters. The number of nitrogens with one attached hydrogen (secondary N) is 2. The van der Waals surface area contributed by atoms with Crippen LogP contribution in [0.3, 0.4) is 0 Å². The van der Waals surface area contributed by atoms with E-state index in [0.29, 0.717) is 5.54 Å². The highest BCUT2D eigenvalue weighted by molar-refractivity contribution is 5.07. The molecule has 5 fully saturated rings. The van der Waals surface area contributed by atoms with E-state index in [9.17, 15) is 0 Å². The topological polar surface area (TPSA) is 24.1 Å². The third kappa shape index (κ3) is 1.94. The molecule has 2 heteroatoms. The lowest BCUT2D eigenvalue weighted by molar-refractivity contribution is -0.0264. The summed E-state index contributed by atoms with van der Waals surface area (Å²) in [4.78, 5) is 0. The van der Waals surface area contributed by atoms with E-state index in [2.05, 4.69) is 10.6 Å². The van der Waals surface area contributed by atoms with Gasteiger partial charge in [-0.25, -0.2) is 0 Å². The van der Waals surface area contributed by atoms with Gasteiger partial charge in [-0.2, -0.15) is 0 Å². The summed E-state index contributed by atoms with van der Waals surface area (Å²) in [5.41, 5.74) is 0.568. The van der Waals surface area contributed by atoms with E-state index in [1.54, 1.807) is 19.3 Å². The normalized spacial score (nSPS) is 52.9. The molecule has 2 N–H and O–H groups in total. The van der Waals surface area contributed by atoms with Gasteiger partial charge in [0, 0.05) is 18.1 Å². The molecule has 4 saturated carbocycles. The Hall–Kier alpha value is -0.0800. The molecule has 5 rings (SSSR count). The summed E-state index contributed by atoms with van der Waals surface area (Å²) in [6, 6.07) is 0.764. The second kappa shape index (κ2) is 3.96. The van der Waals surface area contributed by atoms with Crippen molar-refractivity contribution >= 4 is 0 Å². The Bertz CT molecular complexity index is 258. The summed E-state index contributed by atoms with van der Waals surface area (Å²) in [5, 5.41) is 7.66. The molecule has 0 aromatic rings. The predicted molar refractivity (Wildman–Crippen MR) is 69.9 cm³/mol. The van der Waals surface area contributed by atoms with Crippen molar-refractivity contribution in [2.45, 2.75) is 62.9 Å². The first-order valence-electron chi connectivity index (χ1n) is 7.80. The zero-order valence-electron chi connectivity index (χ0n) is 10.9. The lowest BCUT2D eigenvalue weighted by atomic mass is 9.53. The standard InChI is InChI=1S/C15H26N2/c1-2-14(10-16-3-1)17-15-7-11-4-12(8-15)6-13(5-11)9-15/h11-14,16-17H,1-10H2. The zero-order chi connectivity index (χ0) is 11.3. The van der Waals surface area contributed by atoms with Crippen molar-refractivity contribution in [2.75, 3.05) is 13.1 Å². The van der Waals surface area contributed by atoms with E-state index in [-0.39, 0.29) is 0 Å². The van der Waals surface area contributed by atoms with Gasteiger partial charge in [0.15, 0.2) is 0 Å². The zero-order valence-corrected chi connectivity index (χ0v) is 10.9. The molecule has 96 valence electrons. The number of piperidine rings is 1. The van der Waals surface area contributed by atoms with Crippen LogP contribution in [0, 0.1) is 17.8 Å². The van der Waals surface area contributed by atoms with Gasteiger partial charge in [0.2, 0.25) is 0 Å². The number of hydrogen-bond acceptors (Lipinski definition) is 2. The Kier molecular flexibility index (Phi) is 2.52. The minimum absolute atomic E-state index is 0.568. The molecule has 0 radical (unpaired) electrons. The third-order valence-corrected chi connectivity index (χ3v) is 5.85. The Balaban J connectivity index is 1.48. The van der Waals surface area contributed by atoms with E-state index >= 15 is 0 Å². The summed E-state index contributed by atoms with van der Waals surface area (Å²) in [5.74, 6) is 3.22. The Morgan fingerprint density at radius 3 is 2.12 bits per heavy atom. The van der Waals surface area contributed by atoms with Crippen molar-refractivity contribution in [3.8, 4) is 0 Å². The van der Waals surface area contributed by atoms with Crippen LogP contribution in [0.5, 0.6) is 0 Å². The predicted octanol–water partition coefficient (Wildman–Crippen LogP) is 2.30. The van der Waals surface area contributed by atoms with Crippen molar-refractivity contribution in [3.05, 3.63) is 0 Å². The molecule has 1 heterocycles. The van der Waals surface area contributed by atoms with Gasteiger partial charge in [0.1, 0.15) is 0 Å². The molecule has 4 bridgehead atoms. The van der Waals surface area contributed by atoms with E-state index in [0.717, 1.165) is 23.8 Å². The summed E-state index contributed by atoms with van der Waals surface area (Å²) in [6.45, 7) is 2.45. The average molecular weight is 234 g/mol. The molecule has 5 aliphatic rings. The average Bonchev–Trinajstić information content (AvgIpc) is 2.27. The molecule has 0 amide bonds. The lowest BCUT2D eigenvalue weighted by Crippen LogP contribution is -2.62. The third-order valence-electron chi connectivity index (χ3n) is 5.85. The van der Waals surface area contributed by atoms with E-state index in [1.165, 1.54) is 45.2 Å². The van der Waals surface area contributed by atoms with Gasteiger partial charge in [-0.3, -0.25) is 0 Å². The van der Waals surface area contributed by atoms with Crippen molar-refractivity contribution in [1.82, 2.24) is 10.6 Å². The first kappa shape index (κ1) is 10.8. The van der Waals surface area contributed by atoms with Crippen molar-refractivity contribution in [1.29, 1.82) is 0 Å². The highest BCUT2D eigenvalue weighted by Crippen LogP contribution is 2.55. The second-order valence-corrected chi connectivity index (χ2v) is 7.39. The van der Waals surface area contributed by atoms with Gasteiger partial charge in [0.05, 0.1) is 0 Å². The van der Waals surface area contributed by atoms with Crippen LogP contribution in [0.25, 0.3) is 0 Å². The fourth-order valence-corrected chi connectivity index (χ4v) is 5.70. The van der Waals surface area contributed by atoms with Gasteiger partial charge >= 0.3 is 0 Å². The molecule has 1 unspecified atom stereocenters. The Morgan fingerprint density at radius 2 is 1.59 bits per heavy atom. The monoisotopic (exact) mass is 234 g/mol. The fourth-order valence-electron chi connectivity index (χ4n) is 5.70. The largest absolute Gasteiger partial charge is 0.315 e. The van der Waals surface area contributed by atoms with Crippen LogP contribution >= 0.6 is 0 Å². The maximum absolute atomic E-state index is 4.10. The van der Waals surface area contributed by atoms with Crippen LogP contribution in [-0.4, -0.2) is 24.7 Å². The quantitative estimate of drug-likeness (QED) is 0.766. The first-order chi connectivity index (χ1) is 8.31. The van der Waals surface area contributed by atoms with Crippen LogP contribution < -0.4 is 10.6 Å². The SMILES string of the molecule is C1CNCC(NC23CC4CC(CC(C4)C2)C3)C1. The first-order valence-corrected chi connectivity index (χ1v) is 7.80. The van der Waals surface area contributed by atoms with E-state index in [4.69, 9.17) is 0 Å². The van der Waals surface area contributed by atoms with Gasteiger partial charge in [-0.15, -0.1) is 0 Å². The molecule has 1 aliphatic heterocycles. The maximum Gasteiger partial charge on any atom is 0.0198 e. The lowest BCUT2D eigenvalue weighted by Gasteiger charge is -2.58. The van der Waals surface area contributed by atoms with Crippen molar-refractivity contribution in [2.24, 2.45) is 17.8 Å². The summed E-state index contributed by atoms with van der Waals surface area (Å²) in [7, 11) is 0. The second-order valence-electron chi connectivity index (χ2n) is 7.39. The summed E-state index contributed by atoms with van der Waals surface area (Å²) >= 11 is 0.